The predicted molar refractivity (Wildman–Crippen MR) is 67.9 cm³/mol. The maximum atomic E-state index is 11.2. The summed E-state index contributed by atoms with van der Waals surface area (Å²) in [5, 5.41) is 2.43. The number of methoxy groups -OCH3 is 1. The van der Waals surface area contributed by atoms with Gasteiger partial charge >= 0.3 is 6.09 Å². The molecule has 0 saturated carbocycles. The number of amides is 1. The van der Waals surface area contributed by atoms with Gasteiger partial charge < -0.3 is 4.74 Å². The fourth-order valence-corrected chi connectivity index (χ4v) is 1.47. The molecule has 1 aromatic rings. The summed E-state index contributed by atoms with van der Waals surface area (Å²) in [7, 11) is -2.16. The molecule has 1 aromatic carbocycles. The van der Waals surface area contributed by atoms with Crippen molar-refractivity contribution in [2.24, 2.45) is 0 Å². The molecule has 6 nitrogen and oxygen atoms in total. The molecule has 0 aliphatic rings. The van der Waals surface area contributed by atoms with E-state index >= 15 is 0 Å². The molecule has 0 aliphatic carbocycles. The molecule has 0 saturated heterocycles. The molecule has 0 fully saturated rings. The Kier molecular flexibility index (Phi) is 4.73. The largest absolute Gasteiger partial charge is 0.453 e. The first-order valence-electron chi connectivity index (χ1n) is 5.00. The van der Waals surface area contributed by atoms with Crippen molar-refractivity contribution in [3.63, 3.8) is 0 Å². The van der Waals surface area contributed by atoms with Crippen molar-refractivity contribution in [3.8, 4) is 0 Å². The summed E-state index contributed by atoms with van der Waals surface area (Å²) in [6.45, 7) is 0. The molecule has 0 radical (unpaired) electrons. The molecular weight excluding hydrogens is 256 g/mol. The van der Waals surface area contributed by atoms with Gasteiger partial charge in [-0.15, -0.1) is 0 Å². The van der Waals surface area contributed by atoms with Crippen LogP contribution in [0.25, 0.3) is 5.70 Å². The molecule has 98 valence electrons. The minimum Gasteiger partial charge on any atom is -0.453 e. The monoisotopic (exact) mass is 270 g/mol. The Bertz CT molecular complexity index is 537. The van der Waals surface area contributed by atoms with Crippen LogP contribution in [0, 0.1) is 0 Å². The van der Waals surface area contributed by atoms with Gasteiger partial charge in [0.1, 0.15) is 0 Å². The van der Waals surface area contributed by atoms with Crippen LogP contribution in [0.3, 0.4) is 0 Å². The zero-order valence-electron chi connectivity index (χ0n) is 10.0. The van der Waals surface area contributed by atoms with Crippen molar-refractivity contribution < 1.29 is 17.9 Å². The number of benzene rings is 1. The topological polar surface area (TPSA) is 84.5 Å². The Morgan fingerprint density at radius 1 is 1.28 bits per heavy atom. The smallest absolute Gasteiger partial charge is 0.411 e. The SMILES string of the molecule is COC(=O)N/C(=C\NS(C)(=O)=O)c1ccccc1. The second-order valence-electron chi connectivity index (χ2n) is 3.43. The molecule has 2 N–H and O–H groups in total. The molecular formula is C11H14N2O4S. The van der Waals surface area contributed by atoms with Crippen LogP contribution in [-0.4, -0.2) is 27.9 Å². The van der Waals surface area contributed by atoms with Gasteiger partial charge in [-0.3, -0.25) is 10.0 Å². The molecule has 0 spiro atoms. The quantitative estimate of drug-likeness (QED) is 0.851. The van der Waals surface area contributed by atoms with Crippen molar-refractivity contribution >= 4 is 21.8 Å². The highest BCUT2D eigenvalue weighted by atomic mass is 32.2. The number of rotatable bonds is 4. The Hall–Kier alpha value is -2.02. The number of nitrogens with one attached hydrogen (secondary N) is 2. The zero-order valence-corrected chi connectivity index (χ0v) is 10.8. The van der Waals surface area contributed by atoms with Gasteiger partial charge in [-0.2, -0.15) is 0 Å². The second kappa shape index (κ2) is 6.06. The highest BCUT2D eigenvalue weighted by molar-refractivity contribution is 7.88. The van der Waals surface area contributed by atoms with E-state index in [0.29, 0.717) is 11.3 Å². The molecule has 0 bridgehead atoms. The van der Waals surface area contributed by atoms with Crippen LogP contribution in [0.15, 0.2) is 36.5 Å². The fourth-order valence-electron chi connectivity index (χ4n) is 1.14. The molecule has 0 aromatic heterocycles. The van der Waals surface area contributed by atoms with Crippen LogP contribution in [0.1, 0.15) is 5.56 Å². The van der Waals surface area contributed by atoms with Crippen LogP contribution in [0.2, 0.25) is 0 Å². The summed E-state index contributed by atoms with van der Waals surface area (Å²) in [6.07, 6.45) is 1.53. The first kappa shape index (κ1) is 14.0. The van der Waals surface area contributed by atoms with Gasteiger partial charge in [0.25, 0.3) is 0 Å². The number of ether oxygens (including phenoxy) is 1. The summed E-state index contributed by atoms with van der Waals surface area (Å²) >= 11 is 0. The maximum absolute atomic E-state index is 11.2. The first-order chi connectivity index (χ1) is 8.42. The van der Waals surface area contributed by atoms with Crippen LogP contribution in [0.4, 0.5) is 4.79 Å². The summed E-state index contributed by atoms with van der Waals surface area (Å²) in [5.74, 6) is 0. The summed E-state index contributed by atoms with van der Waals surface area (Å²) in [5.41, 5.74) is 0.951. The number of hydrogen-bond donors (Lipinski definition) is 2. The average molecular weight is 270 g/mol. The highest BCUT2D eigenvalue weighted by Gasteiger charge is 2.07. The van der Waals surface area contributed by atoms with Crippen LogP contribution < -0.4 is 10.0 Å². The molecule has 0 unspecified atom stereocenters. The Labute approximate surface area is 106 Å². The van der Waals surface area contributed by atoms with Gasteiger partial charge in [0.05, 0.1) is 19.1 Å². The molecule has 18 heavy (non-hydrogen) atoms. The first-order valence-corrected chi connectivity index (χ1v) is 6.89. The summed E-state index contributed by atoms with van der Waals surface area (Å²) < 4.78 is 28.7. The fraction of sp³-hybridized carbons (Fsp3) is 0.182. The summed E-state index contributed by atoms with van der Waals surface area (Å²) in [4.78, 5) is 11.2. The Balaban J connectivity index is 2.99. The standard InChI is InChI=1S/C11H14N2O4S/c1-17-11(14)13-10(8-12-18(2,15)16)9-6-4-3-5-7-9/h3-8,12H,1-2H3,(H,13,14)/b10-8-. The molecule has 1 rings (SSSR count). The van der Waals surface area contributed by atoms with E-state index in [-0.39, 0.29) is 0 Å². The molecule has 0 atom stereocenters. The van der Waals surface area contributed by atoms with E-state index in [2.05, 4.69) is 14.8 Å². The highest BCUT2D eigenvalue weighted by Crippen LogP contribution is 2.10. The normalized spacial score (nSPS) is 11.8. The van der Waals surface area contributed by atoms with Crippen molar-refractivity contribution in [1.29, 1.82) is 0 Å². The molecule has 1 amide bonds. The lowest BCUT2D eigenvalue weighted by Crippen LogP contribution is -2.24. The maximum Gasteiger partial charge on any atom is 0.411 e. The number of carbonyl (C=O) groups excluding carboxylic acids is 1. The zero-order chi connectivity index (χ0) is 13.6. The lowest BCUT2D eigenvalue weighted by Gasteiger charge is -2.09. The minimum atomic E-state index is -3.39. The van der Waals surface area contributed by atoms with E-state index in [1.807, 2.05) is 6.07 Å². The average Bonchev–Trinajstić information content (AvgIpc) is 2.34. The van der Waals surface area contributed by atoms with E-state index in [0.717, 1.165) is 6.26 Å². The van der Waals surface area contributed by atoms with Crippen LogP contribution in [0.5, 0.6) is 0 Å². The van der Waals surface area contributed by atoms with Gasteiger partial charge in [0, 0.05) is 6.20 Å². The van der Waals surface area contributed by atoms with E-state index in [1.54, 1.807) is 24.3 Å². The van der Waals surface area contributed by atoms with Crippen LogP contribution in [-0.2, 0) is 14.8 Å². The summed E-state index contributed by atoms with van der Waals surface area (Å²) in [6, 6.07) is 8.80. The van der Waals surface area contributed by atoms with E-state index < -0.39 is 16.1 Å². The van der Waals surface area contributed by atoms with Crippen molar-refractivity contribution in [2.75, 3.05) is 13.4 Å². The Morgan fingerprint density at radius 3 is 2.39 bits per heavy atom. The van der Waals surface area contributed by atoms with Gasteiger partial charge in [-0.1, -0.05) is 30.3 Å². The van der Waals surface area contributed by atoms with Gasteiger partial charge in [0.2, 0.25) is 10.0 Å². The van der Waals surface area contributed by atoms with Crippen molar-refractivity contribution in [1.82, 2.24) is 10.0 Å². The van der Waals surface area contributed by atoms with Crippen LogP contribution >= 0.6 is 0 Å². The number of carbonyl (C=O) groups is 1. The van der Waals surface area contributed by atoms with Gasteiger partial charge in [-0.05, 0) is 5.56 Å². The Morgan fingerprint density at radius 2 is 1.89 bits per heavy atom. The van der Waals surface area contributed by atoms with E-state index in [9.17, 15) is 13.2 Å². The molecule has 0 aliphatic heterocycles. The minimum absolute atomic E-state index is 0.299. The number of hydrogen-bond acceptors (Lipinski definition) is 4. The number of alkyl carbamates (subject to hydrolysis) is 1. The van der Waals surface area contributed by atoms with Gasteiger partial charge in [-0.25, -0.2) is 13.2 Å². The lowest BCUT2D eigenvalue weighted by molar-refractivity contribution is 0.176. The molecule has 0 heterocycles. The predicted octanol–water partition coefficient (Wildman–Crippen LogP) is 0.890. The van der Waals surface area contributed by atoms with E-state index in [1.165, 1.54) is 13.3 Å². The third-order valence-electron chi connectivity index (χ3n) is 1.92. The lowest BCUT2D eigenvalue weighted by atomic mass is 10.2. The second-order valence-corrected chi connectivity index (χ2v) is 5.21. The van der Waals surface area contributed by atoms with Crippen molar-refractivity contribution in [2.45, 2.75) is 0 Å². The molecule has 7 heteroatoms. The number of sulfonamides is 1. The third kappa shape index (κ3) is 4.88. The van der Waals surface area contributed by atoms with Crippen molar-refractivity contribution in [3.05, 3.63) is 42.1 Å². The van der Waals surface area contributed by atoms with Gasteiger partial charge in [0.15, 0.2) is 0 Å². The van der Waals surface area contributed by atoms with E-state index in [4.69, 9.17) is 0 Å². The third-order valence-corrected chi connectivity index (χ3v) is 2.47.